The van der Waals surface area contributed by atoms with Crippen molar-refractivity contribution in [2.75, 3.05) is 4.90 Å². The lowest BCUT2D eigenvalue weighted by molar-refractivity contribution is 0.445. The Hall–Kier alpha value is -5.54. The van der Waals surface area contributed by atoms with E-state index in [0.717, 1.165) is 24.2 Å². The van der Waals surface area contributed by atoms with Crippen molar-refractivity contribution in [2.45, 2.75) is 24.8 Å². The molecule has 0 spiro atoms. The predicted octanol–water partition coefficient (Wildman–Crippen LogP) is 10.6. The summed E-state index contributed by atoms with van der Waals surface area (Å²) in [6.45, 7) is 0. The molecule has 6 aromatic carbocycles. The van der Waals surface area contributed by atoms with Gasteiger partial charge in [-0.05, 0) is 83.8 Å². The van der Waals surface area contributed by atoms with Crippen LogP contribution in [0.25, 0.3) is 49.6 Å². The minimum atomic E-state index is 0.345. The molecule has 1 aliphatic heterocycles. The highest BCUT2D eigenvalue weighted by molar-refractivity contribution is 6.10. The zero-order chi connectivity index (χ0) is 29.5. The third kappa shape index (κ3) is 3.64. The number of para-hydroxylation sites is 4. The fourth-order valence-corrected chi connectivity index (χ4v) is 8.17. The van der Waals surface area contributed by atoms with Gasteiger partial charge in [-0.1, -0.05) is 84.9 Å². The second-order valence-corrected chi connectivity index (χ2v) is 12.5. The number of hydrogen-bond acceptors (Lipinski definition) is 2. The van der Waals surface area contributed by atoms with E-state index < -0.39 is 0 Å². The van der Waals surface area contributed by atoms with E-state index in [9.17, 15) is 0 Å². The molecular formula is C42H30N2O. The van der Waals surface area contributed by atoms with E-state index in [2.05, 4.69) is 155 Å². The molecule has 0 saturated heterocycles. The molecule has 3 heterocycles. The van der Waals surface area contributed by atoms with E-state index in [0.29, 0.717) is 12.0 Å². The third-order valence-electron chi connectivity index (χ3n) is 10.1. The fourth-order valence-electron chi connectivity index (χ4n) is 8.17. The quantitative estimate of drug-likeness (QED) is 0.208. The third-order valence-corrected chi connectivity index (χ3v) is 10.1. The molecule has 2 unspecified atom stereocenters. The maximum absolute atomic E-state index is 6.48. The molecule has 0 fully saturated rings. The first kappa shape index (κ1) is 24.9. The van der Waals surface area contributed by atoms with Gasteiger partial charge < -0.3 is 13.9 Å². The number of hydrogen-bond donors (Lipinski definition) is 0. The van der Waals surface area contributed by atoms with Crippen molar-refractivity contribution >= 4 is 44.1 Å². The van der Waals surface area contributed by atoms with Crippen LogP contribution in [0.5, 0.6) is 0 Å². The van der Waals surface area contributed by atoms with Crippen LogP contribution in [-0.4, -0.2) is 10.6 Å². The Balaban J connectivity index is 1.13. The number of nitrogens with zero attached hydrogens (tertiary/aromatic N) is 2. The van der Waals surface area contributed by atoms with Crippen LogP contribution in [0.3, 0.4) is 0 Å². The molecule has 0 amide bonds. The summed E-state index contributed by atoms with van der Waals surface area (Å²) < 4.78 is 8.86. The highest BCUT2D eigenvalue weighted by Crippen LogP contribution is 2.52. The molecule has 45 heavy (non-hydrogen) atoms. The van der Waals surface area contributed by atoms with Crippen LogP contribution in [0.15, 0.2) is 150 Å². The molecule has 2 aromatic heterocycles. The number of rotatable bonds is 3. The van der Waals surface area contributed by atoms with Crippen LogP contribution in [0.2, 0.25) is 0 Å². The summed E-state index contributed by atoms with van der Waals surface area (Å²) in [5, 5.41) is 3.82. The lowest BCUT2D eigenvalue weighted by atomic mass is 9.80. The number of benzene rings is 6. The second-order valence-electron chi connectivity index (χ2n) is 12.5. The molecule has 0 saturated carbocycles. The molecule has 3 heteroatoms. The van der Waals surface area contributed by atoms with Gasteiger partial charge in [0.25, 0.3) is 0 Å². The highest BCUT2D eigenvalue weighted by atomic mass is 16.3. The summed E-state index contributed by atoms with van der Waals surface area (Å²) in [5.41, 5.74) is 12.5. The van der Waals surface area contributed by atoms with Crippen molar-refractivity contribution in [3.63, 3.8) is 0 Å². The summed E-state index contributed by atoms with van der Waals surface area (Å²) in [4.78, 5) is 2.59. The van der Waals surface area contributed by atoms with Crippen LogP contribution in [-0.2, 0) is 12.8 Å². The van der Waals surface area contributed by atoms with Crippen LogP contribution in [0.4, 0.5) is 11.4 Å². The van der Waals surface area contributed by atoms with E-state index >= 15 is 0 Å². The molecule has 2 atom stereocenters. The van der Waals surface area contributed by atoms with Crippen LogP contribution >= 0.6 is 0 Å². The van der Waals surface area contributed by atoms with Crippen LogP contribution in [0, 0.1) is 0 Å². The zero-order valence-corrected chi connectivity index (χ0v) is 24.7. The first-order chi connectivity index (χ1) is 22.3. The average molecular weight is 579 g/mol. The van der Waals surface area contributed by atoms with E-state index in [1.54, 1.807) is 0 Å². The highest BCUT2D eigenvalue weighted by Gasteiger charge is 2.44. The molecule has 0 bridgehead atoms. The van der Waals surface area contributed by atoms with E-state index in [-0.39, 0.29) is 0 Å². The lowest BCUT2D eigenvalue weighted by Crippen LogP contribution is -2.35. The summed E-state index contributed by atoms with van der Waals surface area (Å²) >= 11 is 0. The lowest BCUT2D eigenvalue weighted by Gasteiger charge is -2.33. The molecule has 0 N–H and O–H groups in total. The molecule has 10 rings (SSSR count). The Labute approximate surface area is 261 Å². The van der Waals surface area contributed by atoms with Gasteiger partial charge in [0.1, 0.15) is 11.3 Å². The Morgan fingerprint density at radius 1 is 0.533 bits per heavy atom. The second kappa shape index (κ2) is 9.48. The normalized spacial score (nSPS) is 17.1. The maximum Gasteiger partial charge on any atom is 0.134 e. The minimum absolute atomic E-state index is 0.345. The van der Waals surface area contributed by atoms with Gasteiger partial charge in [-0.15, -0.1) is 0 Å². The Bertz CT molecular complexity index is 2400. The predicted molar refractivity (Wildman–Crippen MR) is 185 cm³/mol. The van der Waals surface area contributed by atoms with Gasteiger partial charge in [0.2, 0.25) is 0 Å². The van der Waals surface area contributed by atoms with Crippen LogP contribution in [0.1, 0.15) is 22.8 Å². The average Bonchev–Trinajstić information content (AvgIpc) is 3.74. The maximum atomic E-state index is 6.48. The van der Waals surface area contributed by atoms with Gasteiger partial charge in [-0.25, -0.2) is 0 Å². The van der Waals surface area contributed by atoms with Gasteiger partial charge in [-0.2, -0.15) is 0 Å². The first-order valence-electron chi connectivity index (χ1n) is 15.9. The molecule has 2 aliphatic rings. The van der Waals surface area contributed by atoms with Gasteiger partial charge in [0.15, 0.2) is 0 Å². The monoisotopic (exact) mass is 578 g/mol. The van der Waals surface area contributed by atoms with Crippen LogP contribution < -0.4 is 4.90 Å². The smallest absolute Gasteiger partial charge is 0.134 e. The first-order valence-corrected chi connectivity index (χ1v) is 15.9. The van der Waals surface area contributed by atoms with E-state index in [1.165, 1.54) is 66.5 Å². The number of aromatic nitrogens is 1. The summed E-state index contributed by atoms with van der Waals surface area (Å²) in [5.74, 6) is 1.51. The van der Waals surface area contributed by atoms with Crippen molar-refractivity contribution < 1.29 is 4.42 Å². The minimum Gasteiger partial charge on any atom is -0.461 e. The summed E-state index contributed by atoms with van der Waals surface area (Å²) in [7, 11) is 0. The molecule has 1 aliphatic carbocycles. The number of furan rings is 1. The Kier molecular flexibility index (Phi) is 5.23. The topological polar surface area (TPSA) is 21.3 Å². The molecule has 3 nitrogen and oxygen atoms in total. The van der Waals surface area contributed by atoms with Gasteiger partial charge in [0, 0.05) is 57.2 Å². The Morgan fingerprint density at radius 3 is 2.04 bits per heavy atom. The van der Waals surface area contributed by atoms with E-state index in [4.69, 9.17) is 4.42 Å². The number of fused-ring (bicyclic) bond motifs is 9. The zero-order valence-electron chi connectivity index (χ0n) is 24.7. The largest absolute Gasteiger partial charge is 0.461 e. The van der Waals surface area contributed by atoms with Crippen molar-refractivity contribution in [3.8, 4) is 16.8 Å². The van der Waals surface area contributed by atoms with E-state index in [1.807, 2.05) is 0 Å². The van der Waals surface area contributed by atoms with Crippen molar-refractivity contribution in [3.05, 3.63) is 162 Å². The Morgan fingerprint density at radius 2 is 1.20 bits per heavy atom. The van der Waals surface area contributed by atoms with Gasteiger partial charge in [-0.3, -0.25) is 0 Å². The van der Waals surface area contributed by atoms with Crippen molar-refractivity contribution in [1.29, 1.82) is 0 Å². The fraction of sp³-hybridized carbons (Fsp3) is 0.0952. The SMILES string of the molecule is c1ccc(N2c3ccc(-c4ccc5c(c4)c4ccccc4n5-c4ccccc4)cc3C3Cc4oc5ccccc5c4CC32)cc1. The molecule has 8 aromatic rings. The van der Waals surface area contributed by atoms with Gasteiger partial charge in [0.05, 0.1) is 11.0 Å². The van der Waals surface area contributed by atoms with Crippen molar-refractivity contribution in [2.24, 2.45) is 0 Å². The number of anilines is 2. The standard InChI is InChI=1S/C42H30N2O/c1-3-11-29(12-4-1)43-37-17-9-7-15-31(37)33-23-27(19-21-38(33)43)28-20-22-39-34(24-28)35-26-42-36(32-16-8-10-18-41(32)45-42)25-40(35)44(39)30-13-5-2-6-14-30/h1-24,35,40H,25-26H2. The molecule has 0 radical (unpaired) electrons. The molecule has 214 valence electrons. The molecular weight excluding hydrogens is 548 g/mol. The summed E-state index contributed by atoms with van der Waals surface area (Å²) in [6, 6.07) is 53.3. The summed E-state index contributed by atoms with van der Waals surface area (Å²) in [6.07, 6.45) is 1.89. The van der Waals surface area contributed by atoms with Crippen molar-refractivity contribution in [1.82, 2.24) is 4.57 Å². The van der Waals surface area contributed by atoms with Gasteiger partial charge >= 0.3 is 0 Å².